The molecule has 2 nitrogen and oxygen atoms in total. The number of hydrogen-bond acceptors (Lipinski definition) is 2. The lowest BCUT2D eigenvalue weighted by molar-refractivity contribution is 0.131. The molecule has 0 aliphatic heterocycles. The summed E-state index contributed by atoms with van der Waals surface area (Å²) in [7, 11) is 0. The largest absolute Gasteiger partial charge is 0.380 e. The smallest absolute Gasteiger partial charge is 0.133 e. The average Bonchev–Trinajstić information content (AvgIpc) is 2.12. The molecule has 0 heterocycles. The van der Waals surface area contributed by atoms with Crippen molar-refractivity contribution in [1.82, 2.24) is 0 Å². The first-order valence-electron chi connectivity index (χ1n) is 4.54. The lowest BCUT2D eigenvalue weighted by atomic mass is 10.1. The Balaban J connectivity index is 2.92. The second-order valence-corrected chi connectivity index (χ2v) is 3.05. The minimum Gasteiger partial charge on any atom is -0.380 e. The predicted octanol–water partition coefficient (Wildman–Crippen LogP) is 2.14. The van der Waals surface area contributed by atoms with Gasteiger partial charge in [-0.05, 0) is 6.92 Å². The molecule has 1 aromatic rings. The van der Waals surface area contributed by atoms with Gasteiger partial charge in [-0.1, -0.05) is 0 Å². The van der Waals surface area contributed by atoms with Gasteiger partial charge in [0.1, 0.15) is 17.5 Å². The fourth-order valence-electron chi connectivity index (χ4n) is 1.24. The molecule has 15 heavy (non-hydrogen) atoms. The first kappa shape index (κ1) is 12.0. The summed E-state index contributed by atoms with van der Waals surface area (Å²) in [5.74, 6) is -2.93. The van der Waals surface area contributed by atoms with Crippen LogP contribution in [0, 0.1) is 17.5 Å². The summed E-state index contributed by atoms with van der Waals surface area (Å²) in [5, 5.41) is 0. The number of halogens is 3. The molecule has 2 N–H and O–H groups in total. The minimum absolute atomic E-state index is 0.00400. The molecule has 0 aromatic heterocycles. The lowest BCUT2D eigenvalue weighted by Crippen LogP contribution is -2.20. The molecule has 0 saturated carbocycles. The third kappa shape index (κ3) is 2.94. The second kappa shape index (κ2) is 5.14. The monoisotopic (exact) mass is 219 g/mol. The molecule has 0 radical (unpaired) electrons. The number of rotatable bonds is 4. The SMILES string of the molecule is CCOCC(N)c1c(F)cc(F)cc1F. The highest BCUT2D eigenvalue weighted by Crippen LogP contribution is 2.20. The van der Waals surface area contributed by atoms with E-state index >= 15 is 0 Å². The third-order valence-electron chi connectivity index (χ3n) is 1.92. The summed E-state index contributed by atoms with van der Waals surface area (Å²) < 4.78 is 43.9. The van der Waals surface area contributed by atoms with Crippen LogP contribution in [-0.4, -0.2) is 13.2 Å². The quantitative estimate of drug-likeness (QED) is 0.842. The van der Waals surface area contributed by atoms with Crippen LogP contribution in [0.25, 0.3) is 0 Å². The molecule has 84 valence electrons. The van der Waals surface area contributed by atoms with E-state index in [2.05, 4.69) is 0 Å². The van der Waals surface area contributed by atoms with E-state index in [9.17, 15) is 13.2 Å². The van der Waals surface area contributed by atoms with Crippen molar-refractivity contribution >= 4 is 0 Å². The first-order chi connectivity index (χ1) is 7.06. The van der Waals surface area contributed by atoms with Crippen molar-refractivity contribution < 1.29 is 17.9 Å². The fraction of sp³-hybridized carbons (Fsp3) is 0.400. The molecule has 1 atom stereocenters. The Kier molecular flexibility index (Phi) is 4.11. The maximum absolute atomic E-state index is 13.2. The molecule has 5 heteroatoms. The van der Waals surface area contributed by atoms with Crippen LogP contribution in [0.15, 0.2) is 12.1 Å². The van der Waals surface area contributed by atoms with Gasteiger partial charge in [0.25, 0.3) is 0 Å². The second-order valence-electron chi connectivity index (χ2n) is 3.05. The Hall–Kier alpha value is -1.07. The van der Waals surface area contributed by atoms with Crippen LogP contribution >= 0.6 is 0 Å². The summed E-state index contributed by atoms with van der Waals surface area (Å²) in [6.45, 7) is 2.14. The van der Waals surface area contributed by atoms with Crippen molar-refractivity contribution in [3.05, 3.63) is 35.1 Å². The maximum Gasteiger partial charge on any atom is 0.133 e. The summed E-state index contributed by atoms with van der Waals surface area (Å²) in [5.41, 5.74) is 5.16. The molecule has 1 aromatic carbocycles. The Morgan fingerprint density at radius 3 is 2.27 bits per heavy atom. The van der Waals surface area contributed by atoms with Crippen molar-refractivity contribution in [2.75, 3.05) is 13.2 Å². The van der Waals surface area contributed by atoms with Crippen molar-refractivity contribution in [1.29, 1.82) is 0 Å². The molecule has 0 saturated heterocycles. The van der Waals surface area contributed by atoms with Crippen LogP contribution in [0.2, 0.25) is 0 Å². The normalized spacial score (nSPS) is 12.9. The van der Waals surface area contributed by atoms with Gasteiger partial charge in [0.05, 0.1) is 12.6 Å². The third-order valence-corrected chi connectivity index (χ3v) is 1.92. The summed E-state index contributed by atoms with van der Waals surface area (Å²) in [6.07, 6.45) is 0. The highest BCUT2D eigenvalue weighted by Gasteiger charge is 2.18. The van der Waals surface area contributed by atoms with Crippen LogP contribution < -0.4 is 5.73 Å². The number of hydrogen-bond donors (Lipinski definition) is 1. The van der Waals surface area contributed by atoms with Gasteiger partial charge in [-0.2, -0.15) is 0 Å². The topological polar surface area (TPSA) is 35.2 Å². The lowest BCUT2D eigenvalue weighted by Gasteiger charge is -2.13. The van der Waals surface area contributed by atoms with Crippen LogP contribution in [0.1, 0.15) is 18.5 Å². The Morgan fingerprint density at radius 2 is 1.80 bits per heavy atom. The van der Waals surface area contributed by atoms with E-state index < -0.39 is 23.5 Å². The molecule has 0 aliphatic rings. The van der Waals surface area contributed by atoms with Gasteiger partial charge >= 0.3 is 0 Å². The number of nitrogens with two attached hydrogens (primary N) is 1. The molecule has 0 bridgehead atoms. The molecule has 0 spiro atoms. The molecular formula is C10H12F3NO. The van der Waals surface area contributed by atoms with Crippen LogP contribution in [0.3, 0.4) is 0 Å². The average molecular weight is 219 g/mol. The van der Waals surface area contributed by atoms with Gasteiger partial charge in [-0.15, -0.1) is 0 Å². The molecule has 0 fully saturated rings. The fourth-order valence-corrected chi connectivity index (χ4v) is 1.24. The summed E-state index contributed by atoms with van der Waals surface area (Å²) in [6, 6.07) is 0.277. The van der Waals surface area contributed by atoms with E-state index in [0.717, 1.165) is 0 Å². The summed E-state index contributed by atoms with van der Waals surface area (Å²) in [4.78, 5) is 0. The number of benzene rings is 1. The zero-order chi connectivity index (χ0) is 11.4. The standard InChI is InChI=1S/C10H12F3NO/c1-2-15-5-9(14)10-7(12)3-6(11)4-8(10)13/h3-4,9H,2,5,14H2,1H3. The maximum atomic E-state index is 13.2. The van der Waals surface area contributed by atoms with Crippen LogP contribution in [0.4, 0.5) is 13.2 Å². The molecule has 1 unspecified atom stereocenters. The zero-order valence-corrected chi connectivity index (χ0v) is 8.27. The van der Waals surface area contributed by atoms with E-state index in [-0.39, 0.29) is 12.2 Å². The molecule has 0 aliphatic carbocycles. The molecule has 1 rings (SSSR count). The van der Waals surface area contributed by atoms with Gasteiger partial charge in [0, 0.05) is 24.3 Å². The van der Waals surface area contributed by atoms with E-state index in [1.165, 1.54) is 0 Å². The van der Waals surface area contributed by atoms with Gasteiger partial charge in [0.15, 0.2) is 0 Å². The van der Waals surface area contributed by atoms with Crippen LogP contribution in [0.5, 0.6) is 0 Å². The highest BCUT2D eigenvalue weighted by molar-refractivity contribution is 5.24. The van der Waals surface area contributed by atoms with Crippen molar-refractivity contribution in [2.45, 2.75) is 13.0 Å². The van der Waals surface area contributed by atoms with Crippen molar-refractivity contribution in [3.63, 3.8) is 0 Å². The van der Waals surface area contributed by atoms with Gasteiger partial charge in [0.2, 0.25) is 0 Å². The Labute approximate surface area is 85.8 Å². The number of ether oxygens (including phenoxy) is 1. The van der Waals surface area contributed by atoms with Crippen molar-refractivity contribution in [2.24, 2.45) is 5.73 Å². The minimum atomic E-state index is -0.986. The zero-order valence-electron chi connectivity index (χ0n) is 8.27. The Morgan fingerprint density at radius 1 is 1.27 bits per heavy atom. The van der Waals surface area contributed by atoms with Gasteiger partial charge in [-0.25, -0.2) is 13.2 Å². The van der Waals surface area contributed by atoms with E-state index in [1.807, 2.05) is 0 Å². The molecular weight excluding hydrogens is 207 g/mol. The van der Waals surface area contributed by atoms with E-state index in [1.54, 1.807) is 6.92 Å². The Bertz CT molecular complexity index is 320. The first-order valence-corrected chi connectivity index (χ1v) is 4.54. The highest BCUT2D eigenvalue weighted by atomic mass is 19.1. The van der Waals surface area contributed by atoms with Crippen molar-refractivity contribution in [3.8, 4) is 0 Å². The summed E-state index contributed by atoms with van der Waals surface area (Å²) >= 11 is 0. The van der Waals surface area contributed by atoms with Crippen LogP contribution in [-0.2, 0) is 4.74 Å². The van der Waals surface area contributed by atoms with Gasteiger partial charge in [-0.3, -0.25) is 0 Å². The van der Waals surface area contributed by atoms with Gasteiger partial charge < -0.3 is 10.5 Å². The predicted molar refractivity (Wildman–Crippen MR) is 49.7 cm³/mol. The van der Waals surface area contributed by atoms with E-state index in [0.29, 0.717) is 18.7 Å². The van der Waals surface area contributed by atoms with E-state index in [4.69, 9.17) is 10.5 Å². The molecule has 0 amide bonds.